The van der Waals surface area contributed by atoms with Crippen molar-refractivity contribution in [1.82, 2.24) is 4.90 Å². The lowest BCUT2D eigenvalue weighted by Crippen LogP contribution is -2.38. The SMILES string of the molecule is CCCN(CC(=O)Nc1ccccc1OC)C(=O)c1oc2ccccc2c1C. The van der Waals surface area contributed by atoms with E-state index in [1.165, 1.54) is 4.90 Å². The summed E-state index contributed by atoms with van der Waals surface area (Å²) in [5.41, 5.74) is 2.02. The van der Waals surface area contributed by atoms with Crippen molar-refractivity contribution in [2.45, 2.75) is 20.3 Å². The van der Waals surface area contributed by atoms with E-state index in [0.29, 0.717) is 23.6 Å². The maximum absolute atomic E-state index is 13.1. The van der Waals surface area contributed by atoms with Gasteiger partial charge in [-0.1, -0.05) is 37.3 Å². The van der Waals surface area contributed by atoms with Gasteiger partial charge in [0, 0.05) is 17.5 Å². The van der Waals surface area contributed by atoms with Crippen LogP contribution in [0.5, 0.6) is 5.75 Å². The molecule has 2 amide bonds. The highest BCUT2D eigenvalue weighted by Crippen LogP contribution is 2.26. The van der Waals surface area contributed by atoms with Crippen molar-refractivity contribution in [2.24, 2.45) is 0 Å². The second-order valence-corrected chi connectivity index (χ2v) is 6.53. The van der Waals surface area contributed by atoms with E-state index in [1.807, 2.05) is 50.2 Å². The van der Waals surface area contributed by atoms with Crippen molar-refractivity contribution in [1.29, 1.82) is 0 Å². The molecule has 6 nitrogen and oxygen atoms in total. The first-order chi connectivity index (χ1) is 13.5. The summed E-state index contributed by atoms with van der Waals surface area (Å²) in [5.74, 6) is 0.267. The van der Waals surface area contributed by atoms with Gasteiger partial charge >= 0.3 is 0 Å². The van der Waals surface area contributed by atoms with E-state index in [0.717, 1.165) is 17.4 Å². The number of furan rings is 1. The zero-order chi connectivity index (χ0) is 20.1. The van der Waals surface area contributed by atoms with Crippen molar-refractivity contribution in [3.05, 3.63) is 59.9 Å². The van der Waals surface area contributed by atoms with Crippen molar-refractivity contribution < 1.29 is 18.7 Å². The van der Waals surface area contributed by atoms with Crippen LogP contribution in [-0.4, -0.2) is 36.9 Å². The van der Waals surface area contributed by atoms with Crippen molar-refractivity contribution >= 4 is 28.5 Å². The van der Waals surface area contributed by atoms with Gasteiger partial charge < -0.3 is 19.4 Å². The fraction of sp³-hybridized carbons (Fsp3) is 0.273. The Morgan fingerprint density at radius 3 is 2.54 bits per heavy atom. The van der Waals surface area contributed by atoms with E-state index >= 15 is 0 Å². The zero-order valence-corrected chi connectivity index (χ0v) is 16.3. The first kappa shape index (κ1) is 19.5. The Morgan fingerprint density at radius 1 is 1.11 bits per heavy atom. The van der Waals surface area contributed by atoms with E-state index in [2.05, 4.69) is 5.32 Å². The lowest BCUT2D eigenvalue weighted by atomic mass is 10.1. The van der Waals surface area contributed by atoms with E-state index in [-0.39, 0.29) is 24.1 Å². The molecule has 3 aromatic rings. The predicted molar refractivity (Wildman–Crippen MR) is 109 cm³/mol. The number of hydrogen-bond acceptors (Lipinski definition) is 4. The van der Waals surface area contributed by atoms with Gasteiger partial charge in [-0.2, -0.15) is 0 Å². The molecule has 2 aromatic carbocycles. The van der Waals surface area contributed by atoms with Crippen molar-refractivity contribution in [3.8, 4) is 5.75 Å². The van der Waals surface area contributed by atoms with Crippen LogP contribution in [0.25, 0.3) is 11.0 Å². The molecule has 1 N–H and O–H groups in total. The number of carbonyl (C=O) groups is 2. The van der Waals surface area contributed by atoms with E-state index in [4.69, 9.17) is 9.15 Å². The summed E-state index contributed by atoms with van der Waals surface area (Å²) in [4.78, 5) is 27.1. The monoisotopic (exact) mass is 380 g/mol. The van der Waals surface area contributed by atoms with Gasteiger partial charge in [-0.3, -0.25) is 9.59 Å². The molecule has 1 heterocycles. The number of fused-ring (bicyclic) bond motifs is 1. The van der Waals surface area contributed by atoms with Gasteiger partial charge in [0.2, 0.25) is 5.91 Å². The molecule has 0 aliphatic heterocycles. The van der Waals surface area contributed by atoms with Crippen LogP contribution in [0.4, 0.5) is 5.69 Å². The minimum absolute atomic E-state index is 0.0682. The lowest BCUT2D eigenvalue weighted by molar-refractivity contribution is -0.116. The molecule has 0 saturated carbocycles. The average Bonchev–Trinajstić information content (AvgIpc) is 3.04. The summed E-state index contributed by atoms with van der Waals surface area (Å²) in [5, 5.41) is 3.71. The van der Waals surface area contributed by atoms with Crippen LogP contribution in [0.1, 0.15) is 29.5 Å². The van der Waals surface area contributed by atoms with Crippen LogP contribution in [0, 0.1) is 6.92 Å². The van der Waals surface area contributed by atoms with Crippen LogP contribution in [0.2, 0.25) is 0 Å². The Balaban J connectivity index is 1.79. The quantitative estimate of drug-likeness (QED) is 0.665. The minimum Gasteiger partial charge on any atom is -0.495 e. The van der Waals surface area contributed by atoms with Crippen LogP contribution < -0.4 is 10.1 Å². The van der Waals surface area contributed by atoms with Gasteiger partial charge in [0.25, 0.3) is 5.91 Å². The third-order valence-electron chi connectivity index (χ3n) is 4.53. The number of anilines is 1. The Kier molecular flexibility index (Phi) is 5.99. The maximum Gasteiger partial charge on any atom is 0.290 e. The number of nitrogens with one attached hydrogen (secondary N) is 1. The number of ether oxygens (including phenoxy) is 1. The largest absolute Gasteiger partial charge is 0.495 e. The van der Waals surface area contributed by atoms with Crippen molar-refractivity contribution in [3.63, 3.8) is 0 Å². The van der Waals surface area contributed by atoms with Crippen molar-refractivity contribution in [2.75, 3.05) is 25.5 Å². The van der Waals surface area contributed by atoms with E-state index in [1.54, 1.807) is 19.2 Å². The number of amides is 2. The molecule has 3 rings (SSSR count). The first-order valence-corrected chi connectivity index (χ1v) is 9.25. The standard InChI is InChI=1S/C22H24N2O4/c1-4-13-24(14-20(25)23-17-10-6-8-12-19(17)27-3)22(26)21-15(2)16-9-5-7-11-18(16)28-21/h5-12H,4,13-14H2,1-3H3,(H,23,25). The third kappa shape index (κ3) is 4.01. The molecule has 146 valence electrons. The summed E-state index contributed by atoms with van der Waals surface area (Å²) >= 11 is 0. The summed E-state index contributed by atoms with van der Waals surface area (Å²) in [6, 6.07) is 14.7. The zero-order valence-electron chi connectivity index (χ0n) is 16.3. The molecule has 1 aromatic heterocycles. The van der Waals surface area contributed by atoms with Gasteiger partial charge in [0.1, 0.15) is 17.9 Å². The van der Waals surface area contributed by atoms with Gasteiger partial charge in [-0.15, -0.1) is 0 Å². The number of benzene rings is 2. The van der Waals surface area contributed by atoms with Crippen LogP contribution in [-0.2, 0) is 4.79 Å². The molecule has 6 heteroatoms. The number of methoxy groups -OCH3 is 1. The highest BCUT2D eigenvalue weighted by atomic mass is 16.5. The molecule has 0 unspecified atom stereocenters. The Hall–Kier alpha value is -3.28. The first-order valence-electron chi connectivity index (χ1n) is 9.25. The molecule has 0 bridgehead atoms. The number of rotatable bonds is 7. The molecule has 0 spiro atoms. The highest BCUT2D eigenvalue weighted by molar-refractivity contribution is 6.02. The van der Waals surface area contributed by atoms with E-state index < -0.39 is 0 Å². The van der Waals surface area contributed by atoms with Crippen LogP contribution in [0.3, 0.4) is 0 Å². The number of nitrogens with zero attached hydrogens (tertiary/aromatic N) is 1. The molecule has 0 aliphatic carbocycles. The maximum atomic E-state index is 13.1. The van der Waals surface area contributed by atoms with Crippen LogP contribution in [0.15, 0.2) is 52.9 Å². The summed E-state index contributed by atoms with van der Waals surface area (Å²) < 4.78 is 11.0. The molecule has 0 aliphatic rings. The normalized spacial score (nSPS) is 10.7. The molecule has 0 fully saturated rings. The number of aryl methyl sites for hydroxylation is 1. The minimum atomic E-state index is -0.292. The Labute approximate surface area is 164 Å². The fourth-order valence-corrected chi connectivity index (χ4v) is 3.16. The summed E-state index contributed by atoms with van der Waals surface area (Å²) in [6.45, 7) is 4.21. The van der Waals surface area contributed by atoms with Gasteiger partial charge in [-0.05, 0) is 31.5 Å². The molecular formula is C22H24N2O4. The second-order valence-electron chi connectivity index (χ2n) is 6.53. The Morgan fingerprint density at radius 2 is 1.82 bits per heavy atom. The third-order valence-corrected chi connectivity index (χ3v) is 4.53. The molecule has 0 saturated heterocycles. The lowest BCUT2D eigenvalue weighted by Gasteiger charge is -2.21. The molecule has 28 heavy (non-hydrogen) atoms. The van der Waals surface area contributed by atoms with E-state index in [9.17, 15) is 9.59 Å². The smallest absolute Gasteiger partial charge is 0.290 e. The predicted octanol–water partition coefficient (Wildman–Crippen LogP) is 4.24. The summed E-state index contributed by atoms with van der Waals surface area (Å²) in [6.07, 6.45) is 0.729. The molecular weight excluding hydrogens is 356 g/mol. The van der Waals surface area contributed by atoms with Gasteiger partial charge in [-0.25, -0.2) is 0 Å². The Bertz CT molecular complexity index is 993. The second kappa shape index (κ2) is 8.61. The topological polar surface area (TPSA) is 71.8 Å². The number of carbonyl (C=O) groups excluding carboxylic acids is 2. The average molecular weight is 380 g/mol. The van der Waals surface area contributed by atoms with Gasteiger partial charge in [0.15, 0.2) is 5.76 Å². The number of hydrogen-bond donors (Lipinski definition) is 1. The molecule has 0 atom stereocenters. The number of para-hydroxylation sites is 3. The van der Waals surface area contributed by atoms with Crippen LogP contribution >= 0.6 is 0 Å². The van der Waals surface area contributed by atoms with Gasteiger partial charge in [0.05, 0.1) is 12.8 Å². The fourth-order valence-electron chi connectivity index (χ4n) is 3.16. The molecule has 0 radical (unpaired) electrons. The highest BCUT2D eigenvalue weighted by Gasteiger charge is 2.24. The summed E-state index contributed by atoms with van der Waals surface area (Å²) in [7, 11) is 1.54.